The van der Waals surface area contributed by atoms with Crippen molar-refractivity contribution in [3.63, 3.8) is 0 Å². The summed E-state index contributed by atoms with van der Waals surface area (Å²) in [6.45, 7) is 2.70. The largest absolute Gasteiger partial charge is 0.497 e. The summed E-state index contributed by atoms with van der Waals surface area (Å²) in [6.07, 6.45) is 1.39. The molecule has 0 saturated carbocycles. The first-order valence-electron chi connectivity index (χ1n) is 10.1. The molecule has 150 valence electrons. The second-order valence-electron chi connectivity index (χ2n) is 7.56. The van der Waals surface area contributed by atoms with Crippen molar-refractivity contribution in [3.8, 4) is 17.6 Å². The summed E-state index contributed by atoms with van der Waals surface area (Å²) in [5.41, 5.74) is 3.87. The molecule has 0 bridgehead atoms. The second-order valence-corrected chi connectivity index (χ2v) is 7.56. The van der Waals surface area contributed by atoms with Gasteiger partial charge < -0.3 is 20.1 Å². The van der Waals surface area contributed by atoms with Crippen molar-refractivity contribution >= 4 is 11.6 Å². The van der Waals surface area contributed by atoms with E-state index < -0.39 is 0 Å². The predicted octanol–water partition coefficient (Wildman–Crippen LogP) is 3.18. The van der Waals surface area contributed by atoms with Crippen LogP contribution in [0.5, 0.6) is 5.75 Å². The van der Waals surface area contributed by atoms with Crippen LogP contribution in [-0.2, 0) is 4.79 Å². The SMILES string of the molecule is CCC(=O)N1CC[C@H]2[C@H](CO)Nc3ccc(C#Cc4cccc(OC)c4)cc3[C@H]21. The summed E-state index contributed by atoms with van der Waals surface area (Å²) in [5.74, 6) is 7.59. The number of hydrogen-bond acceptors (Lipinski definition) is 4. The van der Waals surface area contributed by atoms with E-state index in [1.54, 1.807) is 7.11 Å². The number of ether oxygens (including phenoxy) is 1. The van der Waals surface area contributed by atoms with Gasteiger partial charge in [-0.1, -0.05) is 24.8 Å². The fourth-order valence-electron chi connectivity index (χ4n) is 4.47. The van der Waals surface area contributed by atoms with E-state index in [0.29, 0.717) is 6.42 Å². The van der Waals surface area contributed by atoms with Gasteiger partial charge in [0.05, 0.1) is 25.8 Å². The molecule has 2 aliphatic rings. The number of anilines is 1. The molecule has 0 radical (unpaired) electrons. The van der Waals surface area contributed by atoms with E-state index in [1.165, 1.54) is 0 Å². The maximum atomic E-state index is 12.5. The normalized spacial score (nSPS) is 22.0. The van der Waals surface area contributed by atoms with Crippen LogP contribution in [0.15, 0.2) is 42.5 Å². The fourth-order valence-corrected chi connectivity index (χ4v) is 4.47. The van der Waals surface area contributed by atoms with Gasteiger partial charge in [0.1, 0.15) is 5.75 Å². The van der Waals surface area contributed by atoms with Gasteiger partial charge >= 0.3 is 0 Å². The number of nitrogens with one attached hydrogen (secondary N) is 1. The highest BCUT2D eigenvalue weighted by Gasteiger charge is 2.45. The summed E-state index contributed by atoms with van der Waals surface area (Å²) >= 11 is 0. The van der Waals surface area contributed by atoms with Gasteiger partial charge in [-0.3, -0.25) is 4.79 Å². The predicted molar refractivity (Wildman–Crippen MR) is 113 cm³/mol. The van der Waals surface area contributed by atoms with Crippen LogP contribution in [0.2, 0.25) is 0 Å². The van der Waals surface area contributed by atoms with Crippen molar-refractivity contribution in [2.24, 2.45) is 5.92 Å². The number of fused-ring (bicyclic) bond motifs is 3. The highest BCUT2D eigenvalue weighted by molar-refractivity contribution is 5.77. The maximum Gasteiger partial charge on any atom is 0.222 e. The number of rotatable bonds is 3. The number of carbonyl (C=O) groups is 1. The molecule has 29 heavy (non-hydrogen) atoms. The zero-order valence-corrected chi connectivity index (χ0v) is 16.8. The highest BCUT2D eigenvalue weighted by Crippen LogP contribution is 2.46. The van der Waals surface area contributed by atoms with Crippen molar-refractivity contribution in [2.75, 3.05) is 25.6 Å². The van der Waals surface area contributed by atoms with Crippen molar-refractivity contribution < 1.29 is 14.6 Å². The molecule has 0 unspecified atom stereocenters. The van der Waals surface area contributed by atoms with Gasteiger partial charge in [-0.15, -0.1) is 0 Å². The first-order chi connectivity index (χ1) is 14.1. The minimum Gasteiger partial charge on any atom is -0.497 e. The van der Waals surface area contributed by atoms with E-state index in [-0.39, 0.29) is 30.5 Å². The summed E-state index contributed by atoms with van der Waals surface area (Å²) in [6, 6.07) is 13.7. The lowest BCUT2D eigenvalue weighted by Crippen LogP contribution is -2.42. The molecule has 5 heteroatoms. The molecule has 0 spiro atoms. The smallest absolute Gasteiger partial charge is 0.222 e. The third-order valence-corrected chi connectivity index (χ3v) is 5.91. The lowest BCUT2D eigenvalue weighted by Gasteiger charge is -2.39. The van der Waals surface area contributed by atoms with Crippen molar-refractivity contribution in [1.29, 1.82) is 0 Å². The Hall–Kier alpha value is -2.97. The van der Waals surface area contributed by atoms with E-state index in [1.807, 2.05) is 48.2 Å². The Kier molecular flexibility index (Phi) is 5.46. The molecule has 1 amide bonds. The van der Waals surface area contributed by atoms with Gasteiger partial charge in [0.2, 0.25) is 5.91 Å². The van der Waals surface area contributed by atoms with Gasteiger partial charge in [-0.25, -0.2) is 0 Å². The summed E-state index contributed by atoms with van der Waals surface area (Å²) < 4.78 is 5.26. The van der Waals surface area contributed by atoms with Gasteiger partial charge in [-0.05, 0) is 48.4 Å². The number of likely N-dealkylation sites (tertiary alicyclic amines) is 1. The molecule has 2 heterocycles. The molecular weight excluding hydrogens is 364 g/mol. The zero-order chi connectivity index (χ0) is 20.4. The monoisotopic (exact) mass is 390 g/mol. The van der Waals surface area contributed by atoms with E-state index in [2.05, 4.69) is 23.2 Å². The van der Waals surface area contributed by atoms with Crippen LogP contribution >= 0.6 is 0 Å². The molecule has 1 fully saturated rings. The van der Waals surface area contributed by atoms with Crippen LogP contribution in [-0.4, -0.2) is 42.2 Å². The molecule has 2 aliphatic heterocycles. The average Bonchev–Trinajstić information content (AvgIpc) is 3.22. The summed E-state index contributed by atoms with van der Waals surface area (Å²) in [4.78, 5) is 14.5. The number of benzene rings is 2. The quantitative estimate of drug-likeness (QED) is 0.791. The molecule has 2 aromatic carbocycles. The minimum absolute atomic E-state index is 0.00517. The zero-order valence-electron chi connectivity index (χ0n) is 16.8. The number of nitrogens with zero attached hydrogens (tertiary/aromatic N) is 1. The standard InChI is InChI=1S/C24H26N2O3/c1-3-23(28)26-12-11-19-22(15-27)25-21-10-9-17(14-20(21)24(19)26)8-7-16-5-4-6-18(13-16)29-2/h4-6,9-10,13-14,19,22,24-25,27H,3,11-12,15H2,1-2H3/t19-,22-,24-/m0/s1. The van der Waals surface area contributed by atoms with Crippen LogP contribution < -0.4 is 10.1 Å². The van der Waals surface area contributed by atoms with Crippen molar-refractivity contribution in [3.05, 3.63) is 59.2 Å². The number of hydrogen-bond donors (Lipinski definition) is 2. The Morgan fingerprint density at radius 1 is 1.24 bits per heavy atom. The number of aliphatic hydroxyl groups is 1. The second kappa shape index (κ2) is 8.18. The molecular formula is C24H26N2O3. The summed E-state index contributed by atoms with van der Waals surface area (Å²) in [5, 5.41) is 13.3. The molecule has 2 aromatic rings. The fraction of sp³-hybridized carbons (Fsp3) is 0.375. The van der Waals surface area contributed by atoms with Gasteiger partial charge in [0, 0.05) is 35.7 Å². The summed E-state index contributed by atoms with van der Waals surface area (Å²) in [7, 11) is 1.64. The van der Waals surface area contributed by atoms with Gasteiger partial charge in [0.25, 0.3) is 0 Å². The lowest BCUT2D eigenvalue weighted by atomic mass is 9.82. The van der Waals surface area contributed by atoms with E-state index in [0.717, 1.165) is 41.1 Å². The molecule has 0 aliphatic carbocycles. The van der Waals surface area contributed by atoms with Gasteiger partial charge in [-0.2, -0.15) is 0 Å². The maximum absolute atomic E-state index is 12.5. The van der Waals surface area contributed by atoms with Crippen LogP contribution in [0.1, 0.15) is 42.5 Å². The minimum atomic E-state index is -0.0316. The average molecular weight is 390 g/mol. The Morgan fingerprint density at radius 2 is 2.03 bits per heavy atom. The highest BCUT2D eigenvalue weighted by atomic mass is 16.5. The third kappa shape index (κ3) is 3.68. The number of aliphatic hydroxyl groups excluding tert-OH is 1. The van der Waals surface area contributed by atoms with Crippen LogP contribution in [0.3, 0.4) is 0 Å². The molecule has 1 saturated heterocycles. The van der Waals surface area contributed by atoms with Crippen LogP contribution in [0.4, 0.5) is 5.69 Å². The third-order valence-electron chi connectivity index (χ3n) is 5.91. The molecule has 4 rings (SSSR count). The van der Waals surface area contributed by atoms with E-state index >= 15 is 0 Å². The topological polar surface area (TPSA) is 61.8 Å². The number of methoxy groups -OCH3 is 1. The Morgan fingerprint density at radius 3 is 2.76 bits per heavy atom. The molecule has 0 aromatic heterocycles. The lowest BCUT2D eigenvalue weighted by molar-refractivity contribution is -0.132. The Bertz CT molecular complexity index is 976. The van der Waals surface area contributed by atoms with Crippen molar-refractivity contribution in [1.82, 2.24) is 4.90 Å². The first kappa shape index (κ1) is 19.4. The van der Waals surface area contributed by atoms with E-state index in [9.17, 15) is 9.90 Å². The number of carbonyl (C=O) groups excluding carboxylic acids is 1. The molecule has 5 nitrogen and oxygen atoms in total. The van der Waals surface area contributed by atoms with E-state index in [4.69, 9.17) is 4.74 Å². The van der Waals surface area contributed by atoms with Crippen molar-refractivity contribution in [2.45, 2.75) is 31.8 Å². The number of amides is 1. The van der Waals surface area contributed by atoms with Gasteiger partial charge in [0.15, 0.2) is 0 Å². The van der Waals surface area contributed by atoms with Crippen LogP contribution in [0.25, 0.3) is 0 Å². The Balaban J connectivity index is 1.69. The first-order valence-corrected chi connectivity index (χ1v) is 10.1. The Labute approximate surface area is 171 Å². The molecule has 2 N–H and O–H groups in total. The molecule has 3 atom stereocenters. The van der Waals surface area contributed by atoms with Crippen LogP contribution in [0, 0.1) is 17.8 Å².